The topological polar surface area (TPSA) is 28.4 Å². The van der Waals surface area contributed by atoms with Crippen molar-refractivity contribution in [3.05, 3.63) is 66.3 Å². The molecule has 1 N–H and O–H groups in total. The fourth-order valence-corrected chi connectivity index (χ4v) is 2.00. The summed E-state index contributed by atoms with van der Waals surface area (Å²) in [5.41, 5.74) is 2.94. The van der Waals surface area contributed by atoms with Crippen LogP contribution < -0.4 is 5.32 Å². The van der Waals surface area contributed by atoms with Crippen LogP contribution in [0, 0.1) is 0 Å². The molecule has 0 bridgehead atoms. The van der Waals surface area contributed by atoms with Crippen molar-refractivity contribution >= 4 is 17.8 Å². The van der Waals surface area contributed by atoms with E-state index in [1.807, 2.05) is 63.3 Å². The number of nitrogens with one attached hydrogen (secondary N) is 1. The van der Waals surface area contributed by atoms with E-state index < -0.39 is 0 Å². The van der Waals surface area contributed by atoms with Crippen LogP contribution in [0.4, 0.5) is 0 Å². The van der Waals surface area contributed by atoms with E-state index >= 15 is 0 Å². The summed E-state index contributed by atoms with van der Waals surface area (Å²) in [4.78, 5) is 2.03. The lowest BCUT2D eigenvalue weighted by Crippen LogP contribution is -2.17. The Morgan fingerprint density at radius 1 is 1.33 bits per heavy atom. The molecule has 1 rings (SSSR count). The van der Waals surface area contributed by atoms with Gasteiger partial charge in [0.15, 0.2) is 5.76 Å². The third kappa shape index (κ3) is 4.02. The second kappa shape index (κ2) is 8.00. The molecular weight excluding hydrogens is 260 g/mol. The number of allylic oxidation sites excluding steroid dienone is 4. The second-order valence-corrected chi connectivity index (χ2v) is 4.63. The van der Waals surface area contributed by atoms with Crippen molar-refractivity contribution in [2.75, 3.05) is 21.1 Å². The third-order valence-electron chi connectivity index (χ3n) is 2.95. The van der Waals surface area contributed by atoms with Gasteiger partial charge in [0, 0.05) is 26.7 Å². The van der Waals surface area contributed by atoms with Crippen molar-refractivity contribution < 1.29 is 4.42 Å². The Hall–Kier alpha value is -2.42. The van der Waals surface area contributed by atoms with Crippen LogP contribution in [0.15, 0.2) is 53.6 Å². The number of nitrogens with zero attached hydrogens (tertiary/aromatic N) is 1. The fourth-order valence-electron chi connectivity index (χ4n) is 2.00. The highest BCUT2D eigenvalue weighted by Gasteiger charge is 2.14. The van der Waals surface area contributed by atoms with Gasteiger partial charge in [-0.1, -0.05) is 37.5 Å². The predicted molar refractivity (Wildman–Crippen MR) is 92.5 cm³/mol. The van der Waals surface area contributed by atoms with Crippen molar-refractivity contribution in [3.8, 4) is 0 Å². The Balaban J connectivity index is 3.46. The van der Waals surface area contributed by atoms with Gasteiger partial charge in [0.2, 0.25) is 0 Å². The van der Waals surface area contributed by atoms with Crippen molar-refractivity contribution in [1.82, 2.24) is 10.2 Å². The van der Waals surface area contributed by atoms with E-state index in [0.717, 1.165) is 28.5 Å². The molecule has 3 heteroatoms. The van der Waals surface area contributed by atoms with Crippen molar-refractivity contribution in [2.24, 2.45) is 0 Å². The zero-order valence-corrected chi connectivity index (χ0v) is 13.3. The van der Waals surface area contributed by atoms with E-state index in [0.29, 0.717) is 0 Å². The maximum Gasteiger partial charge on any atom is 0.153 e. The highest BCUT2D eigenvalue weighted by molar-refractivity contribution is 5.71. The molecule has 0 radical (unpaired) electrons. The first-order chi connectivity index (χ1) is 10.1. The Kier molecular flexibility index (Phi) is 6.34. The Labute approximate surface area is 127 Å². The molecule has 0 saturated carbocycles. The van der Waals surface area contributed by atoms with Crippen LogP contribution in [0.1, 0.15) is 24.0 Å². The molecule has 0 aliphatic heterocycles. The summed E-state index contributed by atoms with van der Waals surface area (Å²) in [5.74, 6) is 1.54. The minimum Gasteiger partial charge on any atom is -0.454 e. The first-order valence-electron chi connectivity index (χ1n) is 6.86. The normalized spacial score (nSPS) is 12.6. The van der Waals surface area contributed by atoms with Gasteiger partial charge in [-0.15, -0.1) is 0 Å². The monoisotopic (exact) mass is 284 g/mol. The summed E-state index contributed by atoms with van der Waals surface area (Å²) >= 11 is 0. The molecule has 0 fully saturated rings. The summed E-state index contributed by atoms with van der Waals surface area (Å²) < 4.78 is 5.90. The van der Waals surface area contributed by atoms with Gasteiger partial charge in [0.05, 0.1) is 5.70 Å². The van der Waals surface area contributed by atoms with Crippen molar-refractivity contribution in [3.63, 3.8) is 0 Å². The molecule has 0 saturated heterocycles. The van der Waals surface area contributed by atoms with E-state index in [1.165, 1.54) is 0 Å². The molecule has 0 atom stereocenters. The van der Waals surface area contributed by atoms with Gasteiger partial charge < -0.3 is 14.6 Å². The van der Waals surface area contributed by atoms with Gasteiger partial charge in [-0.05, 0) is 25.1 Å². The molecular formula is C18H24N2O. The number of rotatable bonds is 7. The molecule has 0 amide bonds. The van der Waals surface area contributed by atoms with Crippen LogP contribution in [-0.2, 0) is 0 Å². The zero-order valence-electron chi connectivity index (χ0n) is 13.3. The third-order valence-corrected chi connectivity index (χ3v) is 2.95. The fraction of sp³-hybridized carbons (Fsp3) is 0.222. The van der Waals surface area contributed by atoms with Crippen molar-refractivity contribution in [1.29, 1.82) is 0 Å². The molecule has 3 nitrogen and oxygen atoms in total. The Morgan fingerprint density at radius 2 is 2.05 bits per heavy atom. The maximum atomic E-state index is 5.90. The lowest BCUT2D eigenvalue weighted by atomic mass is 10.2. The van der Waals surface area contributed by atoms with E-state index in [9.17, 15) is 0 Å². The molecule has 112 valence electrons. The highest BCUT2D eigenvalue weighted by Crippen LogP contribution is 2.26. The van der Waals surface area contributed by atoms with Crippen LogP contribution in [0.2, 0.25) is 0 Å². The first kappa shape index (κ1) is 16.6. The number of hydrogen-bond acceptors (Lipinski definition) is 3. The van der Waals surface area contributed by atoms with E-state index in [-0.39, 0.29) is 0 Å². The summed E-state index contributed by atoms with van der Waals surface area (Å²) in [5, 5.41) is 3.22. The number of likely N-dealkylation sites (N-methyl/N-ethyl adjacent to an activating group) is 1. The maximum absolute atomic E-state index is 5.90. The Morgan fingerprint density at radius 3 is 2.52 bits per heavy atom. The number of furan rings is 1. The molecule has 0 aliphatic rings. The van der Waals surface area contributed by atoms with E-state index in [2.05, 4.69) is 18.5 Å². The standard InChI is InChI=1S/C18H24N2O/c1-7-10-12-15(20(5)6)18(19-4)17-13-14(11-8-2)16(9-3)21-17/h7-13,19H,1,3H2,2,4-6H3/b11-8-,12-10-,18-15-. The SMILES string of the molecule is C=C/C=C\C(=C(\NC)c1cc(/C=C\C)c(C=C)o1)N(C)C. The van der Waals surface area contributed by atoms with Crippen molar-refractivity contribution in [2.45, 2.75) is 6.92 Å². The average Bonchev–Trinajstić information content (AvgIpc) is 2.86. The van der Waals surface area contributed by atoms with Crippen LogP contribution in [0.25, 0.3) is 17.8 Å². The lowest BCUT2D eigenvalue weighted by molar-refractivity contribution is 0.511. The van der Waals surface area contributed by atoms with Gasteiger partial charge in [0.25, 0.3) is 0 Å². The average molecular weight is 284 g/mol. The summed E-state index contributed by atoms with van der Waals surface area (Å²) in [6, 6.07) is 2.01. The van der Waals surface area contributed by atoms with Crippen LogP contribution in [0.5, 0.6) is 0 Å². The molecule has 0 spiro atoms. The zero-order chi connectivity index (χ0) is 15.8. The van der Waals surface area contributed by atoms with E-state index in [4.69, 9.17) is 4.42 Å². The largest absolute Gasteiger partial charge is 0.454 e. The summed E-state index contributed by atoms with van der Waals surface area (Å²) in [6.07, 6.45) is 11.3. The summed E-state index contributed by atoms with van der Waals surface area (Å²) in [7, 11) is 5.86. The molecule has 21 heavy (non-hydrogen) atoms. The molecule has 0 aromatic carbocycles. The minimum atomic E-state index is 0.765. The van der Waals surface area contributed by atoms with Crippen LogP contribution >= 0.6 is 0 Å². The smallest absolute Gasteiger partial charge is 0.153 e. The number of hydrogen-bond donors (Lipinski definition) is 1. The predicted octanol–water partition coefficient (Wildman–Crippen LogP) is 4.15. The van der Waals surface area contributed by atoms with Gasteiger partial charge in [0.1, 0.15) is 11.5 Å². The van der Waals surface area contributed by atoms with Gasteiger partial charge in [-0.2, -0.15) is 0 Å². The Bertz CT molecular complexity index is 586. The first-order valence-corrected chi connectivity index (χ1v) is 6.86. The molecule has 1 aromatic heterocycles. The molecule has 0 aliphatic carbocycles. The van der Waals surface area contributed by atoms with Gasteiger partial charge in [-0.25, -0.2) is 0 Å². The molecule has 1 aromatic rings. The van der Waals surface area contributed by atoms with Crippen LogP contribution in [-0.4, -0.2) is 26.0 Å². The highest BCUT2D eigenvalue weighted by atomic mass is 16.3. The second-order valence-electron chi connectivity index (χ2n) is 4.63. The van der Waals surface area contributed by atoms with Gasteiger partial charge in [-0.3, -0.25) is 0 Å². The van der Waals surface area contributed by atoms with Gasteiger partial charge >= 0.3 is 0 Å². The van der Waals surface area contributed by atoms with E-state index in [1.54, 1.807) is 12.2 Å². The van der Waals surface area contributed by atoms with Crippen LogP contribution in [0.3, 0.4) is 0 Å². The minimum absolute atomic E-state index is 0.765. The quantitative estimate of drug-likeness (QED) is 0.763. The molecule has 0 unspecified atom stereocenters. The summed E-state index contributed by atoms with van der Waals surface area (Å²) in [6.45, 7) is 9.49. The lowest BCUT2D eigenvalue weighted by Gasteiger charge is -2.18. The molecule has 1 heterocycles.